The maximum atomic E-state index is 12.9. The molecule has 0 aliphatic heterocycles. The van der Waals surface area contributed by atoms with Crippen molar-refractivity contribution in [3.05, 3.63) is 29.0 Å². The molecule has 1 atom stereocenters. The molecule has 1 rings (SSSR count). The molecule has 0 heterocycles. The number of methoxy groups -OCH3 is 1. The number of rotatable bonds is 5. The molecule has 15 heavy (non-hydrogen) atoms. The molecule has 0 amide bonds. The van der Waals surface area contributed by atoms with Crippen LogP contribution < -0.4 is 5.32 Å². The predicted octanol–water partition coefficient (Wildman–Crippen LogP) is 3.32. The molecule has 0 radical (unpaired) electrons. The van der Waals surface area contributed by atoms with Crippen molar-refractivity contribution in [3.63, 3.8) is 0 Å². The van der Waals surface area contributed by atoms with Gasteiger partial charge in [-0.2, -0.15) is 0 Å². The SMILES string of the molecule is COCCC(C)Nc1ccc(F)c(Cl)c1. The summed E-state index contributed by atoms with van der Waals surface area (Å²) >= 11 is 5.66. The summed E-state index contributed by atoms with van der Waals surface area (Å²) in [4.78, 5) is 0. The molecule has 1 N–H and O–H groups in total. The van der Waals surface area contributed by atoms with Gasteiger partial charge in [0.15, 0.2) is 0 Å². The van der Waals surface area contributed by atoms with Crippen molar-refractivity contribution in [2.75, 3.05) is 19.0 Å². The quantitative estimate of drug-likeness (QED) is 0.840. The molecule has 0 bridgehead atoms. The van der Waals surface area contributed by atoms with E-state index in [1.165, 1.54) is 6.07 Å². The summed E-state index contributed by atoms with van der Waals surface area (Å²) in [6, 6.07) is 4.88. The van der Waals surface area contributed by atoms with E-state index in [2.05, 4.69) is 5.32 Å². The molecule has 2 nitrogen and oxygen atoms in total. The molecular formula is C11H15ClFNO. The highest BCUT2D eigenvalue weighted by Crippen LogP contribution is 2.20. The van der Waals surface area contributed by atoms with Gasteiger partial charge >= 0.3 is 0 Å². The van der Waals surface area contributed by atoms with Gasteiger partial charge < -0.3 is 10.1 Å². The van der Waals surface area contributed by atoms with Gasteiger partial charge in [0.1, 0.15) is 5.82 Å². The largest absolute Gasteiger partial charge is 0.385 e. The summed E-state index contributed by atoms with van der Waals surface area (Å²) in [6.07, 6.45) is 0.894. The van der Waals surface area contributed by atoms with Crippen molar-refractivity contribution in [1.82, 2.24) is 0 Å². The lowest BCUT2D eigenvalue weighted by Crippen LogP contribution is -2.17. The molecule has 1 aromatic carbocycles. The van der Waals surface area contributed by atoms with E-state index in [4.69, 9.17) is 16.3 Å². The van der Waals surface area contributed by atoms with Gasteiger partial charge in [0.05, 0.1) is 5.02 Å². The lowest BCUT2D eigenvalue weighted by Gasteiger charge is -2.14. The van der Waals surface area contributed by atoms with Crippen molar-refractivity contribution >= 4 is 17.3 Å². The third-order valence-electron chi connectivity index (χ3n) is 2.09. The number of benzene rings is 1. The maximum absolute atomic E-state index is 12.9. The van der Waals surface area contributed by atoms with Crippen LogP contribution in [0, 0.1) is 5.82 Å². The van der Waals surface area contributed by atoms with Crippen molar-refractivity contribution in [3.8, 4) is 0 Å². The maximum Gasteiger partial charge on any atom is 0.141 e. The van der Waals surface area contributed by atoms with Gasteiger partial charge in [0, 0.05) is 25.4 Å². The first kappa shape index (κ1) is 12.3. The summed E-state index contributed by atoms with van der Waals surface area (Å²) < 4.78 is 17.8. The number of ether oxygens (including phenoxy) is 1. The topological polar surface area (TPSA) is 21.3 Å². The fourth-order valence-corrected chi connectivity index (χ4v) is 1.42. The zero-order valence-electron chi connectivity index (χ0n) is 8.89. The molecule has 1 aromatic rings. The summed E-state index contributed by atoms with van der Waals surface area (Å²) in [6.45, 7) is 2.74. The van der Waals surface area contributed by atoms with E-state index in [0.29, 0.717) is 6.61 Å². The van der Waals surface area contributed by atoms with E-state index in [0.717, 1.165) is 12.1 Å². The Labute approximate surface area is 94.4 Å². The minimum Gasteiger partial charge on any atom is -0.385 e. The standard InChI is InChI=1S/C11H15ClFNO/c1-8(5-6-15-2)14-9-3-4-11(13)10(12)7-9/h3-4,7-8,14H,5-6H2,1-2H3. The van der Waals surface area contributed by atoms with Crippen molar-refractivity contribution < 1.29 is 9.13 Å². The number of halogens is 2. The fraction of sp³-hybridized carbons (Fsp3) is 0.455. The highest BCUT2D eigenvalue weighted by molar-refractivity contribution is 6.31. The average Bonchev–Trinajstić information content (AvgIpc) is 2.20. The second-order valence-electron chi connectivity index (χ2n) is 3.46. The molecule has 0 aliphatic rings. The Balaban J connectivity index is 2.53. The Hall–Kier alpha value is -0.800. The van der Waals surface area contributed by atoms with Crippen molar-refractivity contribution in [1.29, 1.82) is 0 Å². The summed E-state index contributed by atoms with van der Waals surface area (Å²) in [5, 5.41) is 3.35. The molecule has 0 aromatic heterocycles. The Kier molecular flexibility index (Phi) is 4.85. The van der Waals surface area contributed by atoms with E-state index in [1.54, 1.807) is 19.2 Å². The number of anilines is 1. The summed E-state index contributed by atoms with van der Waals surface area (Å²) in [7, 11) is 1.67. The smallest absolute Gasteiger partial charge is 0.141 e. The first-order valence-electron chi connectivity index (χ1n) is 4.84. The van der Waals surface area contributed by atoms with E-state index < -0.39 is 5.82 Å². The van der Waals surface area contributed by atoms with E-state index in [1.807, 2.05) is 6.92 Å². The number of hydrogen-bond donors (Lipinski definition) is 1. The van der Waals surface area contributed by atoms with Gasteiger partial charge in [-0.1, -0.05) is 11.6 Å². The van der Waals surface area contributed by atoms with Crippen LogP contribution in [0.4, 0.5) is 10.1 Å². The molecular weight excluding hydrogens is 217 g/mol. The van der Waals surface area contributed by atoms with Gasteiger partial charge in [-0.3, -0.25) is 0 Å². The van der Waals surface area contributed by atoms with Crippen molar-refractivity contribution in [2.45, 2.75) is 19.4 Å². The lowest BCUT2D eigenvalue weighted by molar-refractivity contribution is 0.191. The monoisotopic (exact) mass is 231 g/mol. The summed E-state index contributed by atoms with van der Waals surface area (Å²) in [5.74, 6) is -0.397. The van der Waals surface area contributed by atoms with Crippen LogP contribution in [0.5, 0.6) is 0 Å². The highest BCUT2D eigenvalue weighted by Gasteiger charge is 2.04. The van der Waals surface area contributed by atoms with E-state index in [-0.39, 0.29) is 11.1 Å². The predicted molar refractivity (Wildman–Crippen MR) is 61.0 cm³/mol. The van der Waals surface area contributed by atoms with Crippen LogP contribution >= 0.6 is 11.6 Å². The Morgan fingerprint density at radius 2 is 2.27 bits per heavy atom. The van der Waals surface area contributed by atoms with Gasteiger partial charge in [0.25, 0.3) is 0 Å². The third kappa shape index (κ3) is 4.06. The molecule has 1 unspecified atom stereocenters. The van der Waals surface area contributed by atoms with Crippen molar-refractivity contribution in [2.24, 2.45) is 0 Å². The molecule has 84 valence electrons. The van der Waals surface area contributed by atoms with Crippen LogP contribution in [0.15, 0.2) is 18.2 Å². The Morgan fingerprint density at radius 3 is 2.87 bits per heavy atom. The molecule has 4 heteroatoms. The number of nitrogens with one attached hydrogen (secondary N) is 1. The third-order valence-corrected chi connectivity index (χ3v) is 2.38. The molecule has 0 fully saturated rings. The van der Waals surface area contributed by atoms with Gasteiger partial charge in [-0.25, -0.2) is 4.39 Å². The van der Waals surface area contributed by atoms with Gasteiger partial charge in [0.2, 0.25) is 0 Å². The van der Waals surface area contributed by atoms with E-state index >= 15 is 0 Å². The normalized spacial score (nSPS) is 12.5. The molecule has 0 spiro atoms. The molecule has 0 saturated heterocycles. The van der Waals surface area contributed by atoms with Crippen LogP contribution in [0.25, 0.3) is 0 Å². The van der Waals surface area contributed by atoms with Crippen LogP contribution in [0.3, 0.4) is 0 Å². The first-order chi connectivity index (χ1) is 7.13. The molecule has 0 saturated carbocycles. The highest BCUT2D eigenvalue weighted by atomic mass is 35.5. The minimum absolute atomic E-state index is 0.138. The van der Waals surface area contributed by atoms with Crippen LogP contribution in [-0.2, 0) is 4.74 Å². The lowest BCUT2D eigenvalue weighted by atomic mass is 10.2. The zero-order chi connectivity index (χ0) is 11.3. The average molecular weight is 232 g/mol. The van der Waals surface area contributed by atoms with Gasteiger partial charge in [-0.15, -0.1) is 0 Å². The second-order valence-corrected chi connectivity index (χ2v) is 3.86. The second kappa shape index (κ2) is 5.93. The Bertz CT molecular complexity index is 319. The first-order valence-corrected chi connectivity index (χ1v) is 5.22. The number of hydrogen-bond acceptors (Lipinski definition) is 2. The summed E-state index contributed by atoms with van der Waals surface area (Å²) in [5.41, 5.74) is 0.824. The van der Waals surface area contributed by atoms with E-state index in [9.17, 15) is 4.39 Å². The minimum atomic E-state index is -0.397. The molecule has 0 aliphatic carbocycles. The zero-order valence-corrected chi connectivity index (χ0v) is 9.64. The van der Waals surface area contributed by atoms with Gasteiger partial charge in [-0.05, 0) is 31.5 Å². The van der Waals surface area contributed by atoms with Crippen LogP contribution in [-0.4, -0.2) is 19.8 Å². The fourth-order valence-electron chi connectivity index (χ4n) is 1.24. The van der Waals surface area contributed by atoms with Crippen LogP contribution in [0.2, 0.25) is 5.02 Å². The Morgan fingerprint density at radius 1 is 1.53 bits per heavy atom. The van der Waals surface area contributed by atoms with Crippen LogP contribution in [0.1, 0.15) is 13.3 Å².